The quantitative estimate of drug-likeness (QED) is 0.506. The number of amides is 1. The summed E-state index contributed by atoms with van der Waals surface area (Å²) < 4.78 is 30.3. The first-order valence-electron chi connectivity index (χ1n) is 11.7. The van der Waals surface area contributed by atoms with Crippen LogP contribution in [0.25, 0.3) is 22.0 Å². The molecule has 3 heterocycles. The first-order valence-corrected chi connectivity index (χ1v) is 12.7. The van der Waals surface area contributed by atoms with Crippen LogP contribution in [0.15, 0.2) is 46.6 Å². The maximum Gasteiger partial charge on any atom is 0.350 e. The molecule has 2 aliphatic rings. The molecule has 5 rings (SSSR count). The van der Waals surface area contributed by atoms with Crippen LogP contribution >= 0.6 is 11.8 Å². The van der Waals surface area contributed by atoms with E-state index in [1.54, 1.807) is 21.2 Å². The molecule has 1 atom stereocenters. The lowest BCUT2D eigenvalue weighted by Gasteiger charge is -2.41. The topological polar surface area (TPSA) is 58.4 Å². The summed E-state index contributed by atoms with van der Waals surface area (Å²) in [5.74, 6) is -0.120. The highest BCUT2D eigenvalue weighted by atomic mass is 32.2. The Labute approximate surface area is 206 Å². The van der Waals surface area contributed by atoms with Gasteiger partial charge >= 0.3 is 5.69 Å². The molecule has 0 bridgehead atoms. The molecule has 1 fully saturated rings. The van der Waals surface area contributed by atoms with Crippen LogP contribution < -0.4 is 10.6 Å². The standard InChI is InChI=1S/C26H26F2N4O2S/c1-4-16-12-19-23-24(22(16)18-7-6-17(27)13-20(18)28)35-11-10-32(23)26(34)29-25(19)31-9-8-30(14-15(31)3)21(33)5-2/h5-7,12-13,15H,2,4,8-11,14H2,1,3H3/t15-/m0/s1. The van der Waals surface area contributed by atoms with E-state index >= 15 is 0 Å². The van der Waals surface area contributed by atoms with E-state index in [4.69, 9.17) is 0 Å². The molecule has 1 aromatic heterocycles. The second kappa shape index (κ2) is 9.11. The van der Waals surface area contributed by atoms with Crippen molar-refractivity contribution in [1.29, 1.82) is 0 Å². The minimum absolute atomic E-state index is 0.0584. The number of aryl methyl sites for hydroxylation is 2. The van der Waals surface area contributed by atoms with Crippen molar-refractivity contribution in [2.45, 2.75) is 37.8 Å². The van der Waals surface area contributed by atoms with Crippen LogP contribution in [-0.4, -0.2) is 51.8 Å². The van der Waals surface area contributed by atoms with Gasteiger partial charge in [0, 0.05) is 65.4 Å². The Morgan fingerprint density at radius 3 is 2.74 bits per heavy atom. The lowest BCUT2D eigenvalue weighted by atomic mass is 9.94. The highest BCUT2D eigenvalue weighted by Gasteiger charge is 2.31. The maximum absolute atomic E-state index is 14.9. The van der Waals surface area contributed by atoms with Crippen LogP contribution in [0.4, 0.5) is 14.6 Å². The predicted octanol–water partition coefficient (Wildman–Crippen LogP) is 4.23. The van der Waals surface area contributed by atoms with Crippen LogP contribution in [0.3, 0.4) is 0 Å². The van der Waals surface area contributed by atoms with Crippen molar-refractivity contribution >= 4 is 34.4 Å². The summed E-state index contributed by atoms with van der Waals surface area (Å²) in [5.41, 5.74) is 2.34. The summed E-state index contributed by atoms with van der Waals surface area (Å²) in [6.45, 7) is 9.62. The zero-order valence-corrected chi connectivity index (χ0v) is 20.5. The van der Waals surface area contributed by atoms with Gasteiger partial charge in [-0.3, -0.25) is 9.36 Å². The maximum atomic E-state index is 14.9. The van der Waals surface area contributed by atoms with Gasteiger partial charge in [-0.1, -0.05) is 13.5 Å². The van der Waals surface area contributed by atoms with Gasteiger partial charge in [-0.15, -0.1) is 11.8 Å². The minimum atomic E-state index is -0.627. The molecule has 9 heteroatoms. The molecule has 1 amide bonds. The average molecular weight is 497 g/mol. The number of nitrogens with zero attached hydrogens (tertiary/aromatic N) is 4. The number of halogens is 2. The molecule has 0 aliphatic carbocycles. The van der Waals surface area contributed by atoms with Gasteiger partial charge in [-0.25, -0.2) is 13.6 Å². The van der Waals surface area contributed by atoms with Crippen LogP contribution in [0, 0.1) is 11.6 Å². The van der Waals surface area contributed by atoms with Gasteiger partial charge in [0.05, 0.1) is 5.52 Å². The smallest absolute Gasteiger partial charge is 0.350 e. The number of rotatable bonds is 4. The van der Waals surface area contributed by atoms with E-state index in [9.17, 15) is 18.4 Å². The summed E-state index contributed by atoms with van der Waals surface area (Å²) in [6, 6.07) is 5.57. The van der Waals surface area contributed by atoms with Crippen molar-refractivity contribution in [2.75, 3.05) is 30.3 Å². The van der Waals surface area contributed by atoms with E-state index in [0.717, 1.165) is 27.4 Å². The van der Waals surface area contributed by atoms with E-state index in [2.05, 4.69) is 16.5 Å². The number of anilines is 1. The summed E-state index contributed by atoms with van der Waals surface area (Å²) in [5, 5.41) is 0.838. The molecular weight excluding hydrogens is 470 g/mol. The SMILES string of the molecule is C=CC(=O)N1CCN(c2nc(=O)n3c4c(c(-c5ccc(F)cc5F)c(CC)cc24)SCC3)[C@@H](C)C1. The molecule has 0 radical (unpaired) electrons. The number of benzene rings is 2. The lowest BCUT2D eigenvalue weighted by Crippen LogP contribution is -2.54. The number of aromatic nitrogens is 2. The second-order valence-electron chi connectivity index (χ2n) is 8.86. The van der Waals surface area contributed by atoms with E-state index in [0.29, 0.717) is 55.3 Å². The third-order valence-electron chi connectivity index (χ3n) is 6.81. The summed E-state index contributed by atoms with van der Waals surface area (Å²) in [6.07, 6.45) is 1.95. The van der Waals surface area contributed by atoms with Crippen molar-refractivity contribution in [3.05, 3.63) is 64.6 Å². The Balaban J connectivity index is 1.74. The van der Waals surface area contributed by atoms with Crippen molar-refractivity contribution in [2.24, 2.45) is 0 Å². The number of carbonyl (C=O) groups excluding carboxylic acids is 1. The molecule has 0 spiro atoms. The third kappa shape index (κ3) is 3.91. The zero-order valence-electron chi connectivity index (χ0n) is 19.7. The average Bonchev–Trinajstić information content (AvgIpc) is 2.85. The largest absolute Gasteiger partial charge is 0.350 e. The first kappa shape index (κ1) is 23.5. The highest BCUT2D eigenvalue weighted by Crippen LogP contribution is 2.45. The third-order valence-corrected chi connectivity index (χ3v) is 7.88. The fourth-order valence-electron chi connectivity index (χ4n) is 5.12. The molecule has 2 aromatic carbocycles. The van der Waals surface area contributed by atoms with E-state index in [1.165, 1.54) is 18.2 Å². The fourth-order valence-corrected chi connectivity index (χ4v) is 6.34. The molecule has 0 saturated carbocycles. The Hall–Kier alpha value is -3.20. The monoisotopic (exact) mass is 496 g/mol. The van der Waals surface area contributed by atoms with E-state index in [-0.39, 0.29) is 17.6 Å². The Morgan fingerprint density at radius 1 is 1.26 bits per heavy atom. The number of hydrogen-bond donors (Lipinski definition) is 0. The first-order chi connectivity index (χ1) is 16.8. The fraction of sp³-hybridized carbons (Fsp3) is 0.346. The van der Waals surface area contributed by atoms with Gasteiger partial charge in [0.2, 0.25) is 5.91 Å². The number of piperazine rings is 1. The molecule has 1 saturated heterocycles. The van der Waals surface area contributed by atoms with Crippen LogP contribution in [-0.2, 0) is 17.8 Å². The number of carbonyl (C=O) groups is 1. The Kier molecular flexibility index (Phi) is 6.13. The van der Waals surface area contributed by atoms with Gasteiger partial charge in [0.1, 0.15) is 17.5 Å². The number of hydrogen-bond acceptors (Lipinski definition) is 5. The van der Waals surface area contributed by atoms with Gasteiger partial charge in [0.25, 0.3) is 0 Å². The zero-order chi connectivity index (χ0) is 24.9. The summed E-state index contributed by atoms with van der Waals surface area (Å²) in [4.78, 5) is 34.4. The molecule has 3 aromatic rings. The predicted molar refractivity (Wildman–Crippen MR) is 135 cm³/mol. The van der Waals surface area contributed by atoms with Crippen molar-refractivity contribution in [1.82, 2.24) is 14.5 Å². The summed E-state index contributed by atoms with van der Waals surface area (Å²) in [7, 11) is 0. The highest BCUT2D eigenvalue weighted by molar-refractivity contribution is 7.99. The van der Waals surface area contributed by atoms with Crippen molar-refractivity contribution in [3.8, 4) is 11.1 Å². The molecule has 182 valence electrons. The van der Waals surface area contributed by atoms with Crippen LogP contribution in [0.1, 0.15) is 19.4 Å². The normalized spacial score (nSPS) is 17.7. The second-order valence-corrected chi connectivity index (χ2v) is 9.97. The van der Waals surface area contributed by atoms with Gasteiger partial charge < -0.3 is 9.80 Å². The molecule has 0 unspecified atom stereocenters. The van der Waals surface area contributed by atoms with E-state index < -0.39 is 11.6 Å². The number of thioether (sulfide) groups is 1. The molecule has 35 heavy (non-hydrogen) atoms. The van der Waals surface area contributed by atoms with Crippen LogP contribution in [0.2, 0.25) is 0 Å². The molecule has 2 aliphatic heterocycles. The van der Waals surface area contributed by atoms with Gasteiger partial charge in [0.15, 0.2) is 0 Å². The van der Waals surface area contributed by atoms with Crippen LogP contribution in [0.5, 0.6) is 0 Å². The minimum Gasteiger partial charge on any atom is -0.350 e. The van der Waals surface area contributed by atoms with Gasteiger partial charge in [-0.2, -0.15) is 4.98 Å². The van der Waals surface area contributed by atoms with Gasteiger partial charge in [-0.05, 0) is 43.2 Å². The Morgan fingerprint density at radius 2 is 2.06 bits per heavy atom. The molecule has 0 N–H and O–H groups in total. The van der Waals surface area contributed by atoms with Crippen molar-refractivity contribution < 1.29 is 13.6 Å². The summed E-state index contributed by atoms with van der Waals surface area (Å²) >= 11 is 1.59. The molecular formula is C26H26F2N4O2S. The Bertz CT molecular complexity index is 1420. The lowest BCUT2D eigenvalue weighted by molar-refractivity contribution is -0.126. The van der Waals surface area contributed by atoms with Crippen molar-refractivity contribution in [3.63, 3.8) is 0 Å². The van der Waals surface area contributed by atoms with E-state index in [1.807, 2.05) is 19.9 Å². The molecule has 6 nitrogen and oxygen atoms in total.